The zero-order chi connectivity index (χ0) is 18.2. The molecular weight excluding hydrogens is 348 g/mol. The molecular formula is C21H23ClN2O2. The number of halogens is 1. The molecule has 136 valence electrons. The molecule has 3 rings (SSSR count). The Morgan fingerprint density at radius 2 is 2.00 bits per heavy atom. The number of nitrogens with one attached hydrogen (secondary N) is 2. The van der Waals surface area contributed by atoms with E-state index in [9.17, 15) is 4.79 Å². The Balaban J connectivity index is 1.50. The van der Waals surface area contributed by atoms with Crippen LogP contribution >= 0.6 is 11.6 Å². The summed E-state index contributed by atoms with van der Waals surface area (Å²) in [5, 5.41) is 6.95. The summed E-state index contributed by atoms with van der Waals surface area (Å²) in [6.07, 6.45) is 3.49. The summed E-state index contributed by atoms with van der Waals surface area (Å²) < 4.78 is 5.82. The molecule has 1 heterocycles. The SMILES string of the molecule is O=C(Cc1cccc(OCc2cccc(Cl)c2)c1)NCC1=CCNCC1. The highest BCUT2D eigenvalue weighted by atomic mass is 35.5. The van der Waals surface area contributed by atoms with Crippen LogP contribution in [-0.2, 0) is 17.8 Å². The van der Waals surface area contributed by atoms with Crippen LogP contribution in [0.1, 0.15) is 17.5 Å². The molecule has 0 radical (unpaired) electrons. The highest BCUT2D eigenvalue weighted by Gasteiger charge is 2.07. The monoisotopic (exact) mass is 370 g/mol. The molecule has 1 aliphatic heterocycles. The van der Waals surface area contributed by atoms with Crippen LogP contribution in [0.15, 0.2) is 60.2 Å². The first-order valence-corrected chi connectivity index (χ1v) is 9.18. The van der Waals surface area contributed by atoms with E-state index in [1.54, 1.807) is 0 Å². The van der Waals surface area contributed by atoms with E-state index >= 15 is 0 Å². The van der Waals surface area contributed by atoms with Gasteiger partial charge in [-0.25, -0.2) is 0 Å². The lowest BCUT2D eigenvalue weighted by molar-refractivity contribution is -0.120. The smallest absolute Gasteiger partial charge is 0.224 e. The van der Waals surface area contributed by atoms with Crippen LogP contribution in [0.3, 0.4) is 0 Å². The molecule has 0 saturated heterocycles. The van der Waals surface area contributed by atoms with Crippen molar-refractivity contribution in [3.63, 3.8) is 0 Å². The molecule has 0 bridgehead atoms. The summed E-state index contributed by atoms with van der Waals surface area (Å²) in [7, 11) is 0. The van der Waals surface area contributed by atoms with Crippen molar-refractivity contribution in [2.45, 2.75) is 19.4 Å². The Bertz CT molecular complexity index is 789. The molecule has 2 aromatic carbocycles. The number of benzene rings is 2. The molecule has 4 nitrogen and oxygen atoms in total. The molecule has 0 unspecified atom stereocenters. The van der Waals surface area contributed by atoms with Gasteiger partial charge in [-0.3, -0.25) is 4.79 Å². The summed E-state index contributed by atoms with van der Waals surface area (Å²) in [6, 6.07) is 15.2. The molecule has 0 spiro atoms. The Morgan fingerprint density at radius 3 is 2.81 bits per heavy atom. The maximum absolute atomic E-state index is 12.2. The van der Waals surface area contributed by atoms with Crippen LogP contribution in [0.4, 0.5) is 0 Å². The highest BCUT2D eigenvalue weighted by molar-refractivity contribution is 6.30. The fourth-order valence-electron chi connectivity index (χ4n) is 2.83. The van der Waals surface area contributed by atoms with Crippen molar-refractivity contribution in [3.8, 4) is 5.75 Å². The summed E-state index contributed by atoms with van der Waals surface area (Å²) in [4.78, 5) is 12.2. The molecule has 2 aromatic rings. The van der Waals surface area contributed by atoms with Gasteiger partial charge < -0.3 is 15.4 Å². The largest absolute Gasteiger partial charge is 0.489 e. The minimum absolute atomic E-state index is 0.0245. The Labute approximate surface area is 159 Å². The van der Waals surface area contributed by atoms with Crippen LogP contribution in [-0.4, -0.2) is 25.5 Å². The quantitative estimate of drug-likeness (QED) is 0.733. The van der Waals surface area contributed by atoms with Crippen molar-refractivity contribution < 1.29 is 9.53 Å². The average molecular weight is 371 g/mol. The second-order valence-corrected chi connectivity index (χ2v) is 6.77. The first-order valence-electron chi connectivity index (χ1n) is 8.80. The summed E-state index contributed by atoms with van der Waals surface area (Å²) in [6.45, 7) is 2.94. The third-order valence-corrected chi connectivity index (χ3v) is 4.46. The number of hydrogen-bond donors (Lipinski definition) is 2. The number of rotatable bonds is 7. The third kappa shape index (κ3) is 5.90. The number of ether oxygens (including phenoxy) is 1. The first kappa shape index (κ1) is 18.5. The van der Waals surface area contributed by atoms with Crippen molar-refractivity contribution in [1.29, 1.82) is 0 Å². The van der Waals surface area contributed by atoms with Gasteiger partial charge in [0.1, 0.15) is 12.4 Å². The number of hydrogen-bond acceptors (Lipinski definition) is 3. The minimum Gasteiger partial charge on any atom is -0.489 e. The zero-order valence-corrected chi connectivity index (χ0v) is 15.4. The number of amides is 1. The molecule has 26 heavy (non-hydrogen) atoms. The predicted molar refractivity (Wildman–Crippen MR) is 105 cm³/mol. The van der Waals surface area contributed by atoms with Crippen LogP contribution in [0.25, 0.3) is 0 Å². The normalized spacial score (nSPS) is 13.8. The van der Waals surface area contributed by atoms with Crippen LogP contribution in [0, 0.1) is 0 Å². The Kier molecular flexibility index (Phi) is 6.69. The molecule has 0 saturated carbocycles. The summed E-state index contributed by atoms with van der Waals surface area (Å²) >= 11 is 5.99. The molecule has 0 aromatic heterocycles. The molecule has 1 amide bonds. The van der Waals surface area contributed by atoms with Crippen molar-refractivity contribution >= 4 is 17.5 Å². The fraction of sp³-hybridized carbons (Fsp3) is 0.286. The molecule has 2 N–H and O–H groups in total. The number of carbonyl (C=O) groups is 1. The van der Waals surface area contributed by atoms with Gasteiger partial charge in [-0.1, -0.05) is 47.5 Å². The topological polar surface area (TPSA) is 50.4 Å². The van der Waals surface area contributed by atoms with Crippen LogP contribution in [0.2, 0.25) is 5.02 Å². The third-order valence-electron chi connectivity index (χ3n) is 4.23. The van der Waals surface area contributed by atoms with E-state index < -0.39 is 0 Å². The van der Waals surface area contributed by atoms with Gasteiger partial charge in [0.05, 0.1) is 6.42 Å². The predicted octanol–water partition coefficient (Wildman–Crippen LogP) is 3.50. The van der Waals surface area contributed by atoms with Gasteiger partial charge >= 0.3 is 0 Å². The minimum atomic E-state index is 0.0245. The van der Waals surface area contributed by atoms with E-state index in [0.29, 0.717) is 24.6 Å². The van der Waals surface area contributed by atoms with E-state index in [1.165, 1.54) is 5.57 Å². The lowest BCUT2D eigenvalue weighted by atomic mass is 10.1. The van der Waals surface area contributed by atoms with Crippen molar-refractivity contribution in [3.05, 3.63) is 76.3 Å². The van der Waals surface area contributed by atoms with Gasteiger partial charge in [-0.05, 0) is 48.4 Å². The van der Waals surface area contributed by atoms with E-state index in [4.69, 9.17) is 16.3 Å². The second kappa shape index (κ2) is 9.41. The zero-order valence-electron chi connectivity index (χ0n) is 14.6. The molecule has 5 heteroatoms. The molecule has 1 aliphatic rings. The summed E-state index contributed by atoms with van der Waals surface area (Å²) in [5.74, 6) is 0.771. The average Bonchev–Trinajstić information content (AvgIpc) is 2.66. The fourth-order valence-corrected chi connectivity index (χ4v) is 3.04. The highest BCUT2D eigenvalue weighted by Crippen LogP contribution is 2.17. The molecule has 0 aliphatic carbocycles. The first-order chi connectivity index (χ1) is 12.7. The number of carbonyl (C=O) groups excluding carboxylic acids is 1. The van der Waals surface area contributed by atoms with E-state index in [-0.39, 0.29) is 5.91 Å². The molecule has 0 fully saturated rings. The maximum Gasteiger partial charge on any atom is 0.224 e. The van der Waals surface area contributed by atoms with Gasteiger partial charge in [0.25, 0.3) is 0 Å². The lowest BCUT2D eigenvalue weighted by Crippen LogP contribution is -2.30. The van der Waals surface area contributed by atoms with Gasteiger partial charge in [0.15, 0.2) is 0 Å². The van der Waals surface area contributed by atoms with Gasteiger partial charge in [-0.15, -0.1) is 0 Å². The standard InChI is InChI=1S/C21H23ClN2O2/c22-19-5-1-4-18(11-19)15-26-20-6-2-3-17(12-20)13-21(25)24-14-16-7-9-23-10-8-16/h1-7,11-12,23H,8-10,13-15H2,(H,24,25). The van der Waals surface area contributed by atoms with Gasteiger partial charge in [-0.2, -0.15) is 0 Å². The van der Waals surface area contributed by atoms with Crippen molar-refractivity contribution in [2.24, 2.45) is 0 Å². The lowest BCUT2D eigenvalue weighted by Gasteiger charge is -2.14. The van der Waals surface area contributed by atoms with E-state index in [2.05, 4.69) is 16.7 Å². The van der Waals surface area contributed by atoms with Crippen LogP contribution < -0.4 is 15.4 Å². The van der Waals surface area contributed by atoms with Crippen LogP contribution in [0.5, 0.6) is 5.75 Å². The molecule has 0 atom stereocenters. The van der Waals surface area contributed by atoms with Gasteiger partial charge in [0, 0.05) is 18.1 Å². The maximum atomic E-state index is 12.2. The van der Waals surface area contributed by atoms with Gasteiger partial charge in [0.2, 0.25) is 5.91 Å². The van der Waals surface area contributed by atoms with Crippen molar-refractivity contribution in [2.75, 3.05) is 19.6 Å². The summed E-state index contributed by atoms with van der Waals surface area (Å²) in [5.41, 5.74) is 3.23. The van der Waals surface area contributed by atoms with E-state index in [1.807, 2.05) is 48.5 Å². The Hall–Kier alpha value is -2.30. The van der Waals surface area contributed by atoms with Crippen molar-refractivity contribution in [1.82, 2.24) is 10.6 Å². The van der Waals surface area contributed by atoms with E-state index in [0.717, 1.165) is 36.4 Å². The second-order valence-electron chi connectivity index (χ2n) is 6.34. The Morgan fingerprint density at radius 1 is 1.15 bits per heavy atom.